The number of rotatable bonds is 14. The summed E-state index contributed by atoms with van der Waals surface area (Å²) in [7, 11) is 2.27. The van der Waals surface area contributed by atoms with Crippen molar-refractivity contribution in [3.63, 3.8) is 0 Å². The first-order valence-electron chi connectivity index (χ1n) is 12.1. The summed E-state index contributed by atoms with van der Waals surface area (Å²) in [5, 5.41) is 24.0. The van der Waals surface area contributed by atoms with Gasteiger partial charge in [-0.25, -0.2) is 19.6 Å². The van der Waals surface area contributed by atoms with Gasteiger partial charge in [-0.3, -0.25) is 9.59 Å². The van der Waals surface area contributed by atoms with E-state index in [9.17, 15) is 29.4 Å². The number of nitrogens with zero attached hydrogens (tertiary/aromatic N) is 2. The lowest BCUT2D eigenvalue weighted by molar-refractivity contribution is -0.143. The molecule has 0 saturated carbocycles. The van der Waals surface area contributed by atoms with Crippen molar-refractivity contribution in [3.8, 4) is 23.8 Å². The summed E-state index contributed by atoms with van der Waals surface area (Å²) < 4.78 is 20.0. The number of aromatic nitrogens is 4. The first kappa shape index (κ1) is 31.1. The number of nitrogens with one attached hydrogen (secondary N) is 4. The maximum Gasteiger partial charge on any atom is 0.328 e. The molecule has 2 amide bonds. The summed E-state index contributed by atoms with van der Waals surface area (Å²) in [6.45, 7) is -1.88. The van der Waals surface area contributed by atoms with E-state index >= 15 is 0 Å². The summed E-state index contributed by atoms with van der Waals surface area (Å²) in [6.07, 6.45) is 11.3. The van der Waals surface area contributed by atoms with Gasteiger partial charge >= 0.3 is 11.9 Å². The van der Waals surface area contributed by atoms with Crippen molar-refractivity contribution < 1.29 is 48.3 Å². The third-order valence-electron chi connectivity index (χ3n) is 5.82. The second-order valence-corrected chi connectivity index (χ2v) is 8.36. The smallest absolute Gasteiger partial charge is 0.328 e. The minimum atomic E-state index is -1.22. The number of carbonyl (C=O) groups is 4. The molecule has 16 heteroatoms. The van der Waals surface area contributed by atoms with Crippen LogP contribution in [-0.4, -0.2) is 93.8 Å². The average molecular weight is 585 g/mol. The van der Waals surface area contributed by atoms with Crippen molar-refractivity contribution in [3.05, 3.63) is 59.2 Å². The number of terminal acetylenes is 1. The van der Waals surface area contributed by atoms with Crippen molar-refractivity contribution in [2.75, 3.05) is 27.8 Å². The molecule has 16 nitrogen and oxygen atoms in total. The molecule has 3 rings (SSSR count). The number of hydrogen-bond acceptors (Lipinski definition) is 12. The van der Waals surface area contributed by atoms with Crippen LogP contribution in [0.3, 0.4) is 0 Å². The number of aliphatic hydroxyl groups excluding tert-OH is 2. The van der Waals surface area contributed by atoms with E-state index in [1.54, 1.807) is 0 Å². The molecule has 0 spiro atoms. The van der Waals surface area contributed by atoms with Gasteiger partial charge in [0.2, 0.25) is 0 Å². The predicted octanol–water partition coefficient (Wildman–Crippen LogP) is -1.20. The fraction of sp³-hybridized carbons (Fsp3) is 0.308. The highest BCUT2D eigenvalue weighted by Crippen LogP contribution is 2.36. The Bertz CT molecular complexity index is 1330. The van der Waals surface area contributed by atoms with Crippen LogP contribution in [0.1, 0.15) is 37.7 Å². The molecule has 0 radical (unpaired) electrons. The molecule has 42 heavy (non-hydrogen) atoms. The van der Waals surface area contributed by atoms with E-state index in [1.807, 2.05) is 0 Å². The lowest BCUT2D eigenvalue weighted by Gasteiger charge is -2.21. The maximum absolute atomic E-state index is 13.5. The number of amides is 2. The van der Waals surface area contributed by atoms with Gasteiger partial charge in [0, 0.05) is 36.6 Å². The quantitative estimate of drug-likeness (QED) is 0.0746. The molecule has 0 aliphatic rings. The Hall–Kier alpha value is -5.40. The second-order valence-electron chi connectivity index (χ2n) is 8.36. The van der Waals surface area contributed by atoms with Gasteiger partial charge in [0.1, 0.15) is 17.6 Å². The zero-order chi connectivity index (χ0) is 30.6. The van der Waals surface area contributed by atoms with Crippen LogP contribution in [0.15, 0.2) is 31.1 Å². The Morgan fingerprint density at radius 1 is 0.857 bits per heavy atom. The van der Waals surface area contributed by atoms with Gasteiger partial charge in [-0.2, -0.15) is 0 Å². The topological polar surface area (TPSA) is 227 Å². The number of methoxy groups -OCH3 is 2. The molecule has 2 aromatic heterocycles. The van der Waals surface area contributed by atoms with E-state index in [1.165, 1.54) is 25.0 Å². The normalized spacial score (nSPS) is 11.9. The number of carbonyl (C=O) groups excluding carboxylic acids is 4. The summed E-state index contributed by atoms with van der Waals surface area (Å²) in [5.74, 6) is -2.02. The molecule has 2 atom stereocenters. The second kappa shape index (κ2) is 14.8. The standard InChI is InChI=1S/C26H28N6O10/c1-4-16-21(41-12-33)17(23(35)31-19(25(37)39-2)5-14-8-27-10-29-14)7-18(22(16)42-13-34)24(36)32-20(26(38)40-3)6-15-9-28-11-30-15/h1,7-11,19-20,33-34H,5-6,12-13H2,2-3H3,(H,27,29)(H,28,30)(H,31,35)(H,32,36)/t19-,20+. The Kier molecular flexibility index (Phi) is 11.0. The monoisotopic (exact) mass is 584 g/mol. The van der Waals surface area contributed by atoms with Gasteiger partial charge in [-0.15, -0.1) is 6.42 Å². The number of aromatic amines is 2. The maximum atomic E-state index is 13.5. The molecule has 6 N–H and O–H groups in total. The first-order chi connectivity index (χ1) is 20.3. The lowest BCUT2D eigenvalue weighted by Crippen LogP contribution is -2.44. The number of aliphatic hydroxyl groups is 2. The zero-order valence-corrected chi connectivity index (χ0v) is 22.5. The van der Waals surface area contributed by atoms with Crippen molar-refractivity contribution in [2.45, 2.75) is 24.9 Å². The number of ether oxygens (including phenoxy) is 4. The molecule has 0 unspecified atom stereocenters. The largest absolute Gasteiger partial charge is 0.467 e. The minimum Gasteiger partial charge on any atom is -0.467 e. The average Bonchev–Trinajstić information content (AvgIpc) is 3.70. The number of benzene rings is 1. The van der Waals surface area contributed by atoms with Crippen molar-refractivity contribution >= 4 is 23.8 Å². The molecule has 3 aromatic rings. The zero-order valence-electron chi connectivity index (χ0n) is 22.5. The Labute approximate surface area is 238 Å². The van der Waals surface area contributed by atoms with Gasteiger partial charge < -0.3 is 49.8 Å². The third kappa shape index (κ3) is 7.41. The Morgan fingerprint density at radius 2 is 1.29 bits per heavy atom. The van der Waals surface area contributed by atoms with Crippen LogP contribution >= 0.6 is 0 Å². The molecule has 0 saturated heterocycles. The van der Waals surface area contributed by atoms with Gasteiger partial charge in [-0.1, -0.05) is 5.92 Å². The van der Waals surface area contributed by atoms with Crippen LogP contribution < -0.4 is 20.1 Å². The van der Waals surface area contributed by atoms with Crippen molar-refractivity contribution in [2.24, 2.45) is 0 Å². The van der Waals surface area contributed by atoms with E-state index in [4.69, 9.17) is 25.4 Å². The molecule has 1 aromatic carbocycles. The molecule has 0 aliphatic carbocycles. The van der Waals surface area contributed by atoms with Crippen LogP contribution in [0.25, 0.3) is 0 Å². The molecule has 2 heterocycles. The summed E-state index contributed by atoms with van der Waals surface area (Å²) in [5.41, 5.74) is -0.0787. The fourth-order valence-electron chi connectivity index (χ4n) is 3.92. The molecular weight excluding hydrogens is 556 g/mol. The molecule has 0 fully saturated rings. The highest BCUT2D eigenvalue weighted by atomic mass is 16.6. The van der Waals surface area contributed by atoms with E-state index in [0.717, 1.165) is 20.3 Å². The van der Waals surface area contributed by atoms with Crippen LogP contribution in [0.4, 0.5) is 0 Å². The summed E-state index contributed by atoms with van der Waals surface area (Å²) in [6, 6.07) is -1.43. The highest BCUT2D eigenvalue weighted by molar-refractivity contribution is 6.06. The van der Waals surface area contributed by atoms with Crippen LogP contribution in [-0.2, 0) is 31.9 Å². The molecular formula is C26H28N6O10. The van der Waals surface area contributed by atoms with E-state index in [2.05, 4.69) is 36.5 Å². The number of esters is 2. The van der Waals surface area contributed by atoms with Gasteiger partial charge in [-0.05, 0) is 6.07 Å². The molecule has 0 aliphatic heterocycles. The number of imidazole rings is 2. The minimum absolute atomic E-state index is 0.0376. The molecule has 222 valence electrons. The van der Waals surface area contributed by atoms with Crippen molar-refractivity contribution in [1.82, 2.24) is 30.6 Å². The Balaban J connectivity index is 2.07. The van der Waals surface area contributed by atoms with E-state index in [0.29, 0.717) is 11.4 Å². The Morgan fingerprint density at radius 3 is 1.60 bits per heavy atom. The van der Waals surface area contributed by atoms with E-state index < -0.39 is 49.4 Å². The van der Waals surface area contributed by atoms with E-state index in [-0.39, 0.29) is 41.0 Å². The SMILES string of the molecule is C#Cc1c(OCO)c(C(=O)N[C@@H](Cc2cnc[nH]2)C(=O)OC)cc(C(=O)N[C@H](Cc2cnc[nH]2)C(=O)OC)c1OCO. The predicted molar refractivity (Wildman–Crippen MR) is 141 cm³/mol. The summed E-state index contributed by atoms with van der Waals surface area (Å²) in [4.78, 5) is 65.3. The summed E-state index contributed by atoms with van der Waals surface area (Å²) >= 11 is 0. The van der Waals surface area contributed by atoms with Gasteiger partial charge in [0.05, 0.1) is 38.0 Å². The highest BCUT2D eigenvalue weighted by Gasteiger charge is 2.32. The van der Waals surface area contributed by atoms with Crippen LogP contribution in [0.2, 0.25) is 0 Å². The van der Waals surface area contributed by atoms with Gasteiger partial charge in [0.15, 0.2) is 25.1 Å². The number of hydrogen-bond donors (Lipinski definition) is 6. The fourth-order valence-corrected chi connectivity index (χ4v) is 3.92. The van der Waals surface area contributed by atoms with Crippen LogP contribution in [0, 0.1) is 12.3 Å². The van der Waals surface area contributed by atoms with Gasteiger partial charge in [0.25, 0.3) is 11.8 Å². The lowest BCUT2D eigenvalue weighted by atomic mass is 9.99. The van der Waals surface area contributed by atoms with Crippen molar-refractivity contribution in [1.29, 1.82) is 0 Å². The third-order valence-corrected chi connectivity index (χ3v) is 5.82. The van der Waals surface area contributed by atoms with Crippen LogP contribution in [0.5, 0.6) is 11.5 Å². The first-order valence-corrected chi connectivity index (χ1v) is 12.1. The molecule has 0 bridgehead atoms. The number of H-pyrrole nitrogens is 2.